The molecule has 5 rings (SSSR count). The Hall–Kier alpha value is -5.91. The molecule has 0 saturated heterocycles. The van der Waals surface area contributed by atoms with Crippen LogP contribution in [0.3, 0.4) is 0 Å². The number of rotatable bonds is 37. The minimum Gasteiger partial charge on any atom is -0.497 e. The first-order chi connectivity index (χ1) is 35.2. The molecular weight excluding hydrogens is 930 g/mol. The number of hydrogen-bond donors (Lipinski definition) is 6. The third-order valence-electron chi connectivity index (χ3n) is 13.3. The number of carboxylic acid groups (broad SMARTS) is 1. The van der Waals surface area contributed by atoms with Gasteiger partial charge in [-0.25, -0.2) is 4.39 Å². The molecule has 0 radical (unpaired) electrons. The van der Waals surface area contributed by atoms with Gasteiger partial charge in [0.05, 0.1) is 19.2 Å². The van der Waals surface area contributed by atoms with E-state index in [1.165, 1.54) is 6.07 Å². The Bertz CT molecular complexity index is 2310. The first kappa shape index (κ1) is 58.0. The molecular formula is C56H82FN9O7. The Morgan fingerprint density at radius 3 is 2.11 bits per heavy atom. The van der Waals surface area contributed by atoms with Crippen molar-refractivity contribution in [3.63, 3.8) is 0 Å². The highest BCUT2D eigenvalue weighted by Gasteiger charge is 2.34. The summed E-state index contributed by atoms with van der Waals surface area (Å²) in [5.74, 6) is 0.340. The zero-order chi connectivity index (χ0) is 52.4. The summed E-state index contributed by atoms with van der Waals surface area (Å²) in [5.41, 5.74) is 15.8. The maximum absolute atomic E-state index is 15.5. The summed E-state index contributed by atoms with van der Waals surface area (Å²) in [4.78, 5) is 50.4. The van der Waals surface area contributed by atoms with Crippen LogP contribution in [0.5, 0.6) is 11.5 Å². The van der Waals surface area contributed by atoms with Crippen molar-refractivity contribution in [3.05, 3.63) is 95.1 Å². The van der Waals surface area contributed by atoms with Crippen molar-refractivity contribution in [3.8, 4) is 22.6 Å². The molecule has 1 fully saturated rings. The molecule has 1 aliphatic carbocycles. The van der Waals surface area contributed by atoms with E-state index in [-0.39, 0.29) is 54.1 Å². The summed E-state index contributed by atoms with van der Waals surface area (Å²) >= 11 is 0. The van der Waals surface area contributed by atoms with Gasteiger partial charge in [-0.1, -0.05) is 87.9 Å². The number of nitrogens with two attached hydrogens (primary N) is 2. The van der Waals surface area contributed by atoms with Crippen LogP contribution in [-0.2, 0) is 45.2 Å². The van der Waals surface area contributed by atoms with Gasteiger partial charge in [0.25, 0.3) is 0 Å². The number of carboxylic acids is 1. The number of hydrogen-bond acceptors (Lipinski definition) is 11. The molecule has 1 saturated carbocycles. The molecule has 0 aliphatic heterocycles. The number of aryl methyl sites for hydroxylation is 1. The average Bonchev–Trinajstić information content (AvgIpc) is 4.13. The highest BCUT2D eigenvalue weighted by Crippen LogP contribution is 2.45. The van der Waals surface area contributed by atoms with Crippen LogP contribution in [0.15, 0.2) is 66.9 Å². The fourth-order valence-corrected chi connectivity index (χ4v) is 9.32. The lowest BCUT2D eigenvalue weighted by Crippen LogP contribution is -2.40. The molecule has 1 aliphatic rings. The summed E-state index contributed by atoms with van der Waals surface area (Å²) in [6.45, 7) is 8.81. The largest absolute Gasteiger partial charge is 0.497 e. The molecule has 3 amide bonds. The van der Waals surface area contributed by atoms with Gasteiger partial charge in [-0.15, -0.1) is 5.10 Å². The summed E-state index contributed by atoms with van der Waals surface area (Å²) in [6.07, 6.45) is 15.3. The lowest BCUT2D eigenvalue weighted by Gasteiger charge is -2.26. The normalized spacial score (nSPS) is 12.9. The lowest BCUT2D eigenvalue weighted by atomic mass is 9.82. The second kappa shape index (κ2) is 31.0. The smallest absolute Gasteiger partial charge is 0.303 e. The average molecular weight is 1010 g/mol. The van der Waals surface area contributed by atoms with E-state index in [2.05, 4.69) is 46.2 Å². The quantitative estimate of drug-likeness (QED) is 0.0245. The molecule has 8 N–H and O–H groups in total. The fourth-order valence-electron chi connectivity index (χ4n) is 9.32. The van der Waals surface area contributed by atoms with E-state index < -0.39 is 5.97 Å². The number of methoxy groups -OCH3 is 1. The second-order valence-corrected chi connectivity index (χ2v) is 20.3. The van der Waals surface area contributed by atoms with Crippen molar-refractivity contribution >= 4 is 23.7 Å². The Morgan fingerprint density at radius 1 is 0.795 bits per heavy atom. The molecule has 4 aromatic rings. The van der Waals surface area contributed by atoms with Gasteiger partial charge in [0.15, 0.2) is 0 Å². The maximum atomic E-state index is 15.5. The SMILES string of the molecule is COc1ccc(F)c(-c2ccc(COc3cccc([C@@H](CC(=O)O)C4CC4)c3)cc2CC(C)(C)Cn2cc(CCCCCCCCCCC(=O)NCCN(CCC(=O)NCCN)CCC(=O)NCCN)nn2)c1. The molecule has 16 nitrogen and oxygen atoms in total. The third kappa shape index (κ3) is 21.6. The van der Waals surface area contributed by atoms with Gasteiger partial charge >= 0.3 is 5.97 Å². The van der Waals surface area contributed by atoms with Gasteiger partial charge in [-0.05, 0) is 108 Å². The summed E-state index contributed by atoms with van der Waals surface area (Å²) < 4.78 is 29.2. The van der Waals surface area contributed by atoms with E-state index in [9.17, 15) is 24.3 Å². The Kier molecular flexibility index (Phi) is 24.6. The molecule has 0 bridgehead atoms. The van der Waals surface area contributed by atoms with Crippen molar-refractivity contribution < 1.29 is 38.1 Å². The molecule has 0 unspecified atom stereocenters. The highest BCUT2D eigenvalue weighted by atomic mass is 19.1. The van der Waals surface area contributed by atoms with E-state index in [4.69, 9.17) is 20.9 Å². The minimum atomic E-state index is -0.792. The topological polar surface area (TPSA) is 229 Å². The Balaban J connectivity index is 1.02. The molecule has 17 heteroatoms. The minimum absolute atomic E-state index is 0.0162. The first-order valence-corrected chi connectivity index (χ1v) is 26.5. The number of nitrogens with one attached hydrogen (secondary N) is 3. The molecule has 73 heavy (non-hydrogen) atoms. The Morgan fingerprint density at radius 2 is 1.45 bits per heavy atom. The van der Waals surface area contributed by atoms with Crippen LogP contribution in [0.4, 0.5) is 4.39 Å². The number of unbranched alkanes of at least 4 members (excludes halogenated alkanes) is 7. The standard InChI is InChI=1S/C56H82FN9O7/c1-56(2,37-44-33-41(17-21-48(44)50-35-46(72-3)20-22-51(50)57)39-73-47-15-12-13-43(34-47)49(36-55(70)71)42-18-19-42)40-66-38-45(63-64-66)14-10-8-6-4-5-7-9-11-16-52(67)62-29-32-65(30-23-53(68)60-27-25-58)31-24-54(69)61-28-26-59/h12-13,15,17,20-22,33-35,38,42,49H,4-11,14,16,18-19,23-32,36-37,39-40,58-59H2,1-3H3,(H,60,68)(H,61,69)(H,62,67)(H,70,71)/t49-/m0/s1. The van der Waals surface area contributed by atoms with E-state index in [1.807, 2.05) is 52.2 Å². The van der Waals surface area contributed by atoms with Crippen LogP contribution in [0.2, 0.25) is 0 Å². The van der Waals surface area contributed by atoms with Crippen molar-refractivity contribution in [2.45, 2.75) is 136 Å². The van der Waals surface area contributed by atoms with E-state index in [0.717, 1.165) is 98.6 Å². The summed E-state index contributed by atoms with van der Waals surface area (Å²) in [7, 11) is 1.57. The number of nitrogens with zero attached hydrogens (tertiary/aromatic N) is 4. The molecule has 1 heterocycles. The number of amides is 3. The number of aliphatic carboxylic acids is 1. The van der Waals surface area contributed by atoms with E-state index in [0.29, 0.717) is 101 Å². The summed E-state index contributed by atoms with van der Waals surface area (Å²) in [6, 6.07) is 18.6. The first-order valence-electron chi connectivity index (χ1n) is 26.5. The number of carbonyl (C=O) groups excluding carboxylic acids is 3. The number of halogens is 1. The van der Waals surface area contributed by atoms with E-state index in [1.54, 1.807) is 19.2 Å². The van der Waals surface area contributed by atoms with Gasteiger partial charge in [0.2, 0.25) is 17.7 Å². The van der Waals surface area contributed by atoms with Gasteiger partial charge in [0.1, 0.15) is 23.9 Å². The number of carbonyl (C=O) groups is 4. The fraction of sp³-hybridized carbons (Fsp3) is 0.571. The highest BCUT2D eigenvalue weighted by molar-refractivity contribution is 5.77. The van der Waals surface area contributed by atoms with Crippen molar-refractivity contribution in [1.29, 1.82) is 0 Å². The zero-order valence-corrected chi connectivity index (χ0v) is 43.6. The Labute approximate surface area is 431 Å². The number of ether oxygens (including phenoxy) is 2. The van der Waals surface area contributed by atoms with Crippen LogP contribution in [0.1, 0.15) is 132 Å². The number of aromatic nitrogens is 3. The van der Waals surface area contributed by atoms with Gasteiger partial charge in [-0.3, -0.25) is 23.9 Å². The van der Waals surface area contributed by atoms with Crippen LogP contribution in [0, 0.1) is 17.2 Å². The predicted octanol–water partition coefficient (Wildman–Crippen LogP) is 7.31. The van der Waals surface area contributed by atoms with Crippen LogP contribution in [-0.4, -0.2) is 108 Å². The second-order valence-electron chi connectivity index (χ2n) is 20.3. The van der Waals surface area contributed by atoms with Crippen molar-refractivity contribution in [2.24, 2.45) is 22.8 Å². The van der Waals surface area contributed by atoms with Crippen LogP contribution in [0.25, 0.3) is 11.1 Å². The van der Waals surface area contributed by atoms with Crippen molar-refractivity contribution in [1.82, 2.24) is 35.8 Å². The molecule has 3 aromatic carbocycles. The van der Waals surface area contributed by atoms with Crippen LogP contribution >= 0.6 is 0 Å². The van der Waals surface area contributed by atoms with Gasteiger partial charge in [0, 0.05) is 89.9 Å². The molecule has 400 valence electrons. The van der Waals surface area contributed by atoms with Crippen LogP contribution < -0.4 is 36.9 Å². The van der Waals surface area contributed by atoms with E-state index >= 15 is 4.39 Å². The maximum Gasteiger partial charge on any atom is 0.303 e. The van der Waals surface area contributed by atoms with Crippen molar-refractivity contribution in [2.75, 3.05) is 59.5 Å². The summed E-state index contributed by atoms with van der Waals surface area (Å²) in [5, 5.41) is 27.1. The monoisotopic (exact) mass is 1010 g/mol. The molecule has 1 atom stereocenters. The lowest BCUT2D eigenvalue weighted by molar-refractivity contribution is -0.137. The number of benzene rings is 3. The zero-order valence-electron chi connectivity index (χ0n) is 43.6. The molecule has 1 aromatic heterocycles. The predicted molar refractivity (Wildman–Crippen MR) is 282 cm³/mol. The van der Waals surface area contributed by atoms with Gasteiger partial charge in [-0.2, -0.15) is 0 Å². The van der Waals surface area contributed by atoms with Gasteiger partial charge < -0.3 is 46.9 Å². The molecule has 0 spiro atoms. The third-order valence-corrected chi connectivity index (χ3v) is 13.3.